The van der Waals surface area contributed by atoms with Crippen LogP contribution in [0.5, 0.6) is 5.75 Å². The van der Waals surface area contributed by atoms with Crippen LogP contribution in [0.2, 0.25) is 0 Å². The molecule has 0 saturated carbocycles. The van der Waals surface area contributed by atoms with Crippen molar-refractivity contribution in [3.05, 3.63) is 29.8 Å². The molecule has 1 aliphatic rings. The largest absolute Gasteiger partial charge is 0.497 e. The summed E-state index contributed by atoms with van der Waals surface area (Å²) >= 11 is 0. The molecule has 0 aliphatic carbocycles. The van der Waals surface area contributed by atoms with E-state index in [4.69, 9.17) is 4.74 Å². The molecule has 6 nitrogen and oxygen atoms in total. The van der Waals surface area contributed by atoms with E-state index in [0.717, 1.165) is 25.3 Å². The Balaban J connectivity index is 1.77. The quantitative estimate of drug-likeness (QED) is 0.779. The van der Waals surface area contributed by atoms with Gasteiger partial charge in [0.05, 0.1) is 7.11 Å². The molecule has 1 saturated heterocycles. The van der Waals surface area contributed by atoms with Crippen LogP contribution in [0, 0.1) is 0 Å². The summed E-state index contributed by atoms with van der Waals surface area (Å²) in [5.74, 6) is 0.692. The van der Waals surface area contributed by atoms with Gasteiger partial charge in [0.25, 0.3) is 5.91 Å². The molecule has 2 rings (SSSR count). The average molecular weight is 319 g/mol. The number of carbonyl (C=O) groups excluding carboxylic acids is 2. The van der Waals surface area contributed by atoms with Gasteiger partial charge in [0, 0.05) is 13.1 Å². The molecule has 126 valence electrons. The van der Waals surface area contributed by atoms with Crippen molar-refractivity contribution < 1.29 is 14.3 Å². The van der Waals surface area contributed by atoms with Crippen LogP contribution >= 0.6 is 0 Å². The van der Waals surface area contributed by atoms with Gasteiger partial charge < -0.3 is 15.0 Å². The second-order valence-electron chi connectivity index (χ2n) is 6.45. The summed E-state index contributed by atoms with van der Waals surface area (Å²) < 4.78 is 5.14. The number of urea groups is 1. The normalized spacial score (nSPS) is 16.8. The maximum atomic E-state index is 12.1. The minimum atomic E-state index is -0.786. The highest BCUT2D eigenvalue weighted by atomic mass is 16.5. The molecule has 3 amide bonds. The molecule has 1 aliphatic heterocycles. The van der Waals surface area contributed by atoms with Crippen molar-refractivity contribution in [1.29, 1.82) is 0 Å². The summed E-state index contributed by atoms with van der Waals surface area (Å²) in [6.45, 7) is 5.52. The number of hydrogen-bond acceptors (Lipinski definition) is 4. The summed E-state index contributed by atoms with van der Waals surface area (Å²) in [6, 6.07) is 7.67. The summed E-state index contributed by atoms with van der Waals surface area (Å²) in [5, 5.41) is 2.69. The van der Waals surface area contributed by atoms with Gasteiger partial charge in [0.2, 0.25) is 0 Å². The number of hydrogen-bond donors (Lipinski definition) is 1. The minimum absolute atomic E-state index is 0.152. The van der Waals surface area contributed by atoms with Gasteiger partial charge in [-0.2, -0.15) is 0 Å². The first-order valence-electron chi connectivity index (χ1n) is 7.79. The molecule has 1 aromatic rings. The monoisotopic (exact) mass is 319 g/mol. The number of nitrogens with one attached hydrogen (secondary N) is 1. The van der Waals surface area contributed by atoms with E-state index in [1.54, 1.807) is 21.0 Å². The molecule has 1 heterocycles. The zero-order chi connectivity index (χ0) is 17.0. The average Bonchev–Trinajstić information content (AvgIpc) is 2.69. The third-order valence-corrected chi connectivity index (χ3v) is 3.98. The molecule has 6 heteroatoms. The lowest BCUT2D eigenvalue weighted by molar-refractivity contribution is -0.130. The van der Waals surface area contributed by atoms with E-state index in [2.05, 4.69) is 10.2 Å². The van der Waals surface area contributed by atoms with Crippen LogP contribution in [0.4, 0.5) is 4.79 Å². The van der Waals surface area contributed by atoms with Crippen LogP contribution in [0.1, 0.15) is 25.8 Å². The number of methoxy groups -OCH3 is 1. The Morgan fingerprint density at radius 2 is 1.87 bits per heavy atom. The van der Waals surface area contributed by atoms with E-state index in [-0.39, 0.29) is 11.9 Å². The Bertz CT molecular complexity index is 569. The summed E-state index contributed by atoms with van der Waals surface area (Å²) in [5.41, 5.74) is 0.413. The van der Waals surface area contributed by atoms with Gasteiger partial charge in [0.15, 0.2) is 0 Å². The fourth-order valence-electron chi connectivity index (χ4n) is 2.64. The van der Waals surface area contributed by atoms with E-state index in [1.807, 2.05) is 31.3 Å². The molecular formula is C17H25N3O3. The Kier molecular flexibility index (Phi) is 5.26. The molecule has 0 radical (unpaired) electrons. The van der Waals surface area contributed by atoms with Crippen LogP contribution in [-0.4, -0.2) is 54.5 Å². The lowest BCUT2D eigenvalue weighted by atomic mass is 10.1. The second kappa shape index (κ2) is 7.00. The van der Waals surface area contributed by atoms with E-state index in [1.165, 1.54) is 10.5 Å². The Morgan fingerprint density at radius 1 is 1.22 bits per heavy atom. The van der Waals surface area contributed by atoms with Crippen molar-refractivity contribution in [3.8, 4) is 5.75 Å². The number of carbonyl (C=O) groups is 2. The van der Waals surface area contributed by atoms with Crippen molar-refractivity contribution in [2.24, 2.45) is 0 Å². The molecule has 23 heavy (non-hydrogen) atoms. The number of imide groups is 1. The van der Waals surface area contributed by atoms with Gasteiger partial charge in [-0.05, 0) is 51.6 Å². The van der Waals surface area contributed by atoms with Crippen LogP contribution < -0.4 is 10.1 Å². The van der Waals surface area contributed by atoms with Crippen molar-refractivity contribution in [1.82, 2.24) is 15.1 Å². The zero-order valence-corrected chi connectivity index (χ0v) is 14.3. The van der Waals surface area contributed by atoms with E-state index in [9.17, 15) is 9.59 Å². The standard InChI is InChI=1S/C17H25N3O3/c1-17(2)15(21)20(16(22)18-17)11-5-10-19(3)12-13-6-8-14(23-4)9-7-13/h6-9H,5,10-12H2,1-4H3,(H,18,22). The molecule has 0 spiro atoms. The second-order valence-corrected chi connectivity index (χ2v) is 6.45. The molecule has 0 aromatic heterocycles. The SMILES string of the molecule is COc1ccc(CN(C)CCCN2C(=O)NC(C)(C)C2=O)cc1. The summed E-state index contributed by atoms with van der Waals surface area (Å²) in [7, 11) is 3.68. The predicted octanol–water partition coefficient (Wildman–Crippen LogP) is 1.85. The maximum absolute atomic E-state index is 12.1. The first-order chi connectivity index (χ1) is 10.8. The highest BCUT2D eigenvalue weighted by Gasteiger charge is 2.43. The summed E-state index contributed by atoms with van der Waals surface area (Å²) in [6.07, 6.45) is 0.752. The van der Waals surface area contributed by atoms with Crippen molar-refractivity contribution in [3.63, 3.8) is 0 Å². The molecule has 1 fully saturated rings. The van der Waals surface area contributed by atoms with Crippen molar-refractivity contribution >= 4 is 11.9 Å². The molecular weight excluding hydrogens is 294 g/mol. The zero-order valence-electron chi connectivity index (χ0n) is 14.3. The van der Waals surface area contributed by atoms with Gasteiger partial charge in [-0.25, -0.2) is 4.79 Å². The maximum Gasteiger partial charge on any atom is 0.325 e. The van der Waals surface area contributed by atoms with Gasteiger partial charge in [0.1, 0.15) is 11.3 Å². The van der Waals surface area contributed by atoms with Gasteiger partial charge in [-0.15, -0.1) is 0 Å². The first kappa shape index (κ1) is 17.3. The highest BCUT2D eigenvalue weighted by molar-refractivity contribution is 6.06. The van der Waals surface area contributed by atoms with Gasteiger partial charge >= 0.3 is 6.03 Å². The number of rotatable bonds is 7. The molecule has 1 N–H and O–H groups in total. The summed E-state index contributed by atoms with van der Waals surface area (Å²) in [4.78, 5) is 27.4. The van der Waals surface area contributed by atoms with Crippen molar-refractivity contribution in [2.45, 2.75) is 32.4 Å². The number of benzene rings is 1. The Labute approximate surface area is 137 Å². The fraction of sp³-hybridized carbons (Fsp3) is 0.529. The van der Waals surface area contributed by atoms with Crippen LogP contribution in [0.3, 0.4) is 0 Å². The van der Waals surface area contributed by atoms with Crippen LogP contribution in [0.25, 0.3) is 0 Å². The van der Waals surface area contributed by atoms with Gasteiger partial charge in [-0.3, -0.25) is 9.69 Å². The van der Waals surface area contributed by atoms with Crippen molar-refractivity contribution in [2.75, 3.05) is 27.2 Å². The minimum Gasteiger partial charge on any atom is -0.497 e. The predicted molar refractivity (Wildman–Crippen MR) is 88.3 cm³/mol. The lowest BCUT2D eigenvalue weighted by Gasteiger charge is -2.19. The number of nitrogens with zero attached hydrogens (tertiary/aromatic N) is 2. The Morgan fingerprint density at radius 3 is 2.39 bits per heavy atom. The molecule has 0 bridgehead atoms. The Hall–Kier alpha value is -2.08. The molecule has 0 unspecified atom stereocenters. The topological polar surface area (TPSA) is 61.9 Å². The third kappa shape index (κ3) is 4.22. The first-order valence-corrected chi connectivity index (χ1v) is 7.79. The molecule has 1 aromatic carbocycles. The van der Waals surface area contributed by atoms with Crippen LogP contribution in [0.15, 0.2) is 24.3 Å². The fourth-order valence-corrected chi connectivity index (χ4v) is 2.64. The van der Waals surface area contributed by atoms with E-state index >= 15 is 0 Å². The smallest absolute Gasteiger partial charge is 0.325 e. The van der Waals surface area contributed by atoms with E-state index in [0.29, 0.717) is 6.54 Å². The number of ether oxygens (including phenoxy) is 1. The third-order valence-electron chi connectivity index (χ3n) is 3.98. The lowest BCUT2D eigenvalue weighted by Crippen LogP contribution is -2.40. The van der Waals surface area contributed by atoms with Crippen LogP contribution in [-0.2, 0) is 11.3 Å². The highest BCUT2D eigenvalue weighted by Crippen LogP contribution is 2.17. The molecule has 0 atom stereocenters. The number of amides is 3. The van der Waals surface area contributed by atoms with E-state index < -0.39 is 5.54 Å². The van der Waals surface area contributed by atoms with Gasteiger partial charge in [-0.1, -0.05) is 12.1 Å².